The Morgan fingerprint density at radius 3 is 2.72 bits per heavy atom. The van der Waals surface area contributed by atoms with Gasteiger partial charge in [0, 0.05) is 28.1 Å². The largest absolute Gasteiger partial charge is 0.508 e. The van der Waals surface area contributed by atoms with E-state index < -0.39 is 11.6 Å². The molecule has 32 heavy (non-hydrogen) atoms. The Balaban J connectivity index is 0.00000216. The van der Waals surface area contributed by atoms with Crippen LogP contribution in [0.1, 0.15) is 41.2 Å². The van der Waals surface area contributed by atoms with Crippen LogP contribution in [0.2, 0.25) is 0 Å². The van der Waals surface area contributed by atoms with Gasteiger partial charge in [-0.25, -0.2) is 9.78 Å². The maximum absolute atomic E-state index is 13.3. The number of rotatable bonds is 1. The van der Waals surface area contributed by atoms with Crippen LogP contribution in [0, 0.1) is 0 Å². The number of fused-ring (bicyclic) bond motifs is 5. The molecule has 2 atom stereocenters. The van der Waals surface area contributed by atoms with E-state index >= 15 is 0 Å². The van der Waals surface area contributed by atoms with E-state index in [9.17, 15) is 19.8 Å². The summed E-state index contributed by atoms with van der Waals surface area (Å²) in [6.45, 7) is 1.85. The molecule has 0 saturated heterocycles. The number of benzene rings is 1. The average Bonchev–Trinajstić information content (AvgIpc) is 3.13. The molecule has 1 aromatic carbocycles. The normalized spacial score (nSPS) is 22.6. The molecule has 8 nitrogen and oxygen atoms in total. The number of cyclic esters (lactones) is 1. The molecule has 0 bridgehead atoms. The minimum Gasteiger partial charge on any atom is -0.508 e. The molecule has 3 aliphatic rings. The Kier molecular flexibility index (Phi) is 4.43. The van der Waals surface area contributed by atoms with Gasteiger partial charge in [0.15, 0.2) is 5.60 Å². The molecule has 0 fully saturated rings. The van der Waals surface area contributed by atoms with Crippen LogP contribution in [-0.2, 0) is 41.1 Å². The number of hydrogen-bond acceptors (Lipinski definition) is 7. The molecular formula is C23H22ClN3O5. The molecule has 0 saturated carbocycles. The molecule has 4 N–H and O–H groups in total. The number of halogens is 1. The first-order valence-electron chi connectivity index (χ1n) is 10.4. The number of phenolic OH excluding ortho intramolecular Hbond substituents is 1. The first-order valence-corrected chi connectivity index (χ1v) is 10.4. The molecule has 6 rings (SSSR count). The van der Waals surface area contributed by atoms with Gasteiger partial charge in [0.05, 0.1) is 29.0 Å². The molecule has 1 unspecified atom stereocenters. The highest BCUT2D eigenvalue weighted by Gasteiger charge is 2.45. The molecule has 4 heterocycles. The second kappa shape index (κ2) is 6.78. The lowest BCUT2D eigenvalue weighted by Gasteiger charge is -2.31. The van der Waals surface area contributed by atoms with Crippen LogP contribution in [0.3, 0.4) is 0 Å². The molecule has 2 aliphatic heterocycles. The fourth-order valence-electron chi connectivity index (χ4n) is 5.36. The Hall–Kier alpha value is -2.94. The standard InChI is InChI=1S/C23H21N3O5.ClH/c1-2-23(30)15-7-17-20-13(8-26(17)21(28)14(15)9-31-22(23)29)11-5-10(24)6-12-18(27)4-3-16(25-20)19(11)12;/h3-4,7,10,27,30H,2,5-6,8-9,24H2,1H3;1H/t10?,23-;/m0./s1. The predicted octanol–water partition coefficient (Wildman–Crippen LogP) is 1.63. The van der Waals surface area contributed by atoms with Gasteiger partial charge in [0.1, 0.15) is 12.4 Å². The molecule has 166 valence electrons. The van der Waals surface area contributed by atoms with Crippen molar-refractivity contribution in [1.82, 2.24) is 9.55 Å². The van der Waals surface area contributed by atoms with Crippen molar-refractivity contribution >= 4 is 29.3 Å². The van der Waals surface area contributed by atoms with Crippen LogP contribution < -0.4 is 11.3 Å². The minimum absolute atomic E-state index is 0. The van der Waals surface area contributed by atoms with Crippen LogP contribution in [0.5, 0.6) is 5.75 Å². The number of carbonyl (C=O) groups excluding carboxylic acids is 1. The van der Waals surface area contributed by atoms with Gasteiger partial charge in [-0.2, -0.15) is 0 Å². The summed E-state index contributed by atoms with van der Waals surface area (Å²) in [5.74, 6) is -0.532. The highest BCUT2D eigenvalue weighted by Crippen LogP contribution is 2.43. The van der Waals surface area contributed by atoms with Crippen molar-refractivity contribution in [2.45, 2.75) is 51.0 Å². The van der Waals surface area contributed by atoms with Gasteiger partial charge in [-0.1, -0.05) is 6.92 Å². The molecule has 3 aromatic rings. The van der Waals surface area contributed by atoms with Crippen LogP contribution >= 0.6 is 12.4 Å². The number of phenols is 1. The van der Waals surface area contributed by atoms with Gasteiger partial charge >= 0.3 is 5.97 Å². The van der Waals surface area contributed by atoms with Crippen molar-refractivity contribution in [1.29, 1.82) is 0 Å². The number of carbonyl (C=O) groups is 1. The zero-order valence-electron chi connectivity index (χ0n) is 17.3. The Labute approximate surface area is 189 Å². The van der Waals surface area contributed by atoms with Crippen LogP contribution in [0.4, 0.5) is 0 Å². The first-order chi connectivity index (χ1) is 14.8. The second-order valence-electron chi connectivity index (χ2n) is 8.65. The summed E-state index contributed by atoms with van der Waals surface area (Å²) in [7, 11) is 0. The summed E-state index contributed by atoms with van der Waals surface area (Å²) < 4.78 is 6.75. The molecule has 0 spiro atoms. The summed E-state index contributed by atoms with van der Waals surface area (Å²) in [6, 6.07) is 4.97. The van der Waals surface area contributed by atoms with Gasteiger partial charge in [0.2, 0.25) is 0 Å². The monoisotopic (exact) mass is 455 g/mol. The quantitative estimate of drug-likeness (QED) is 0.372. The van der Waals surface area contributed by atoms with E-state index in [-0.39, 0.29) is 42.8 Å². The molecule has 0 amide bonds. The van der Waals surface area contributed by atoms with Crippen LogP contribution in [0.15, 0.2) is 23.0 Å². The predicted molar refractivity (Wildman–Crippen MR) is 119 cm³/mol. The molecule has 1 aliphatic carbocycles. The fraction of sp³-hybridized carbons (Fsp3) is 0.348. The minimum atomic E-state index is -1.85. The number of aromatic hydroxyl groups is 1. The van der Waals surface area contributed by atoms with Crippen LogP contribution in [0.25, 0.3) is 22.3 Å². The highest BCUT2D eigenvalue weighted by molar-refractivity contribution is 5.93. The van der Waals surface area contributed by atoms with E-state index in [1.807, 2.05) is 0 Å². The van der Waals surface area contributed by atoms with Gasteiger partial charge in [-0.15, -0.1) is 12.4 Å². The van der Waals surface area contributed by atoms with Crippen molar-refractivity contribution in [3.8, 4) is 17.1 Å². The SMILES string of the molecule is CC[C@@]1(O)C(=O)OCc2c1cc1n(c2=O)Cc2c-1nc1ccc(O)c3c1c2CC(N)C3.Cl. The highest BCUT2D eigenvalue weighted by atomic mass is 35.5. The van der Waals surface area contributed by atoms with E-state index in [4.69, 9.17) is 15.5 Å². The van der Waals surface area contributed by atoms with Crippen molar-refractivity contribution in [3.05, 3.63) is 56.4 Å². The van der Waals surface area contributed by atoms with E-state index in [1.54, 1.807) is 29.7 Å². The summed E-state index contributed by atoms with van der Waals surface area (Å²) in [5, 5.41) is 22.3. The van der Waals surface area contributed by atoms with Gasteiger partial charge in [-0.05, 0) is 43.0 Å². The number of hydrogen-bond donors (Lipinski definition) is 3. The van der Waals surface area contributed by atoms with E-state index in [0.717, 1.165) is 27.6 Å². The summed E-state index contributed by atoms with van der Waals surface area (Å²) in [5.41, 5.74) is 9.44. The summed E-state index contributed by atoms with van der Waals surface area (Å²) >= 11 is 0. The molecule has 9 heteroatoms. The third-order valence-corrected chi connectivity index (χ3v) is 6.98. The molecular weight excluding hydrogens is 434 g/mol. The second-order valence-corrected chi connectivity index (χ2v) is 8.65. The van der Waals surface area contributed by atoms with Crippen molar-refractivity contribution in [3.63, 3.8) is 0 Å². The van der Waals surface area contributed by atoms with Gasteiger partial charge < -0.3 is 25.3 Å². The van der Waals surface area contributed by atoms with Crippen molar-refractivity contribution < 1.29 is 19.7 Å². The number of aliphatic hydroxyl groups is 1. The van der Waals surface area contributed by atoms with E-state index in [0.29, 0.717) is 41.9 Å². The zero-order chi connectivity index (χ0) is 21.7. The lowest BCUT2D eigenvalue weighted by Crippen LogP contribution is -2.44. The van der Waals surface area contributed by atoms with E-state index in [1.165, 1.54) is 0 Å². The first kappa shape index (κ1) is 20.9. The fourth-order valence-corrected chi connectivity index (χ4v) is 5.36. The zero-order valence-corrected chi connectivity index (χ0v) is 18.2. The van der Waals surface area contributed by atoms with E-state index in [2.05, 4.69) is 0 Å². The lowest BCUT2D eigenvalue weighted by molar-refractivity contribution is -0.172. The summed E-state index contributed by atoms with van der Waals surface area (Å²) in [4.78, 5) is 30.5. The lowest BCUT2D eigenvalue weighted by atomic mass is 9.84. The van der Waals surface area contributed by atoms with Crippen LogP contribution in [-0.4, -0.2) is 31.8 Å². The third-order valence-electron chi connectivity index (χ3n) is 6.98. The average molecular weight is 456 g/mol. The molecule has 0 radical (unpaired) electrons. The Morgan fingerprint density at radius 1 is 1.22 bits per heavy atom. The van der Waals surface area contributed by atoms with Gasteiger partial charge in [0.25, 0.3) is 5.56 Å². The topological polar surface area (TPSA) is 128 Å². The maximum Gasteiger partial charge on any atom is 0.343 e. The number of ether oxygens (including phenoxy) is 1. The number of esters is 1. The number of pyridine rings is 2. The third kappa shape index (κ3) is 2.48. The summed E-state index contributed by atoms with van der Waals surface area (Å²) in [6.07, 6.45) is 1.30. The maximum atomic E-state index is 13.3. The van der Waals surface area contributed by atoms with Crippen molar-refractivity contribution in [2.24, 2.45) is 5.73 Å². The Morgan fingerprint density at radius 2 is 1.97 bits per heavy atom. The smallest absolute Gasteiger partial charge is 0.343 e. The Bertz CT molecular complexity index is 1400. The molecule has 2 aromatic heterocycles. The number of nitrogens with two attached hydrogens (primary N) is 1. The number of aromatic nitrogens is 2. The van der Waals surface area contributed by atoms with Gasteiger partial charge in [-0.3, -0.25) is 4.79 Å². The van der Waals surface area contributed by atoms with Crippen molar-refractivity contribution in [2.75, 3.05) is 0 Å². The number of nitrogens with zero attached hydrogens (tertiary/aromatic N) is 2.